The van der Waals surface area contributed by atoms with Gasteiger partial charge >= 0.3 is 0 Å². The SMILES string of the molecule is O=C1C(SCc2ccccc2)=C(c2ccc(F)cc2)C(=O)N1c1cc(Cl)ccc1Cl. The van der Waals surface area contributed by atoms with Gasteiger partial charge in [0.25, 0.3) is 11.8 Å². The number of imide groups is 1. The zero-order chi connectivity index (χ0) is 21.3. The number of carbonyl (C=O) groups is 2. The Balaban J connectivity index is 1.77. The van der Waals surface area contributed by atoms with Crippen molar-refractivity contribution in [1.82, 2.24) is 0 Å². The molecule has 3 aromatic rings. The molecule has 0 unspecified atom stereocenters. The number of thioether (sulfide) groups is 1. The van der Waals surface area contributed by atoms with Gasteiger partial charge in [-0.15, -0.1) is 11.8 Å². The van der Waals surface area contributed by atoms with Gasteiger partial charge in [-0.1, -0.05) is 65.7 Å². The molecule has 0 spiro atoms. The van der Waals surface area contributed by atoms with Gasteiger partial charge in [0.15, 0.2) is 0 Å². The van der Waals surface area contributed by atoms with Gasteiger partial charge in [-0.3, -0.25) is 9.59 Å². The highest BCUT2D eigenvalue weighted by Crippen LogP contribution is 2.42. The highest BCUT2D eigenvalue weighted by atomic mass is 35.5. The van der Waals surface area contributed by atoms with Crippen LogP contribution in [0.5, 0.6) is 0 Å². The van der Waals surface area contributed by atoms with Crippen molar-refractivity contribution < 1.29 is 14.0 Å². The van der Waals surface area contributed by atoms with Crippen LogP contribution in [0.1, 0.15) is 11.1 Å². The Kier molecular flexibility index (Phi) is 5.95. The van der Waals surface area contributed by atoms with Crippen LogP contribution in [0, 0.1) is 5.82 Å². The monoisotopic (exact) mass is 457 g/mol. The number of amides is 2. The standard InChI is InChI=1S/C23H14Cl2FNO2S/c24-16-8-11-18(25)19(12-16)27-22(28)20(15-6-9-17(26)10-7-15)21(23(27)29)30-13-14-4-2-1-3-5-14/h1-12H,13H2. The fraction of sp³-hybridized carbons (Fsp3) is 0.0435. The van der Waals surface area contributed by atoms with Crippen molar-refractivity contribution >= 4 is 58.0 Å². The van der Waals surface area contributed by atoms with Crippen molar-refractivity contribution in [3.63, 3.8) is 0 Å². The van der Waals surface area contributed by atoms with E-state index in [1.807, 2.05) is 30.3 Å². The van der Waals surface area contributed by atoms with Crippen LogP contribution in [-0.4, -0.2) is 11.8 Å². The first-order valence-electron chi connectivity index (χ1n) is 8.96. The Hall–Kier alpha value is -2.60. The third-order valence-electron chi connectivity index (χ3n) is 4.55. The van der Waals surface area contributed by atoms with Crippen LogP contribution in [-0.2, 0) is 15.3 Å². The first kappa shape index (κ1) is 20.7. The van der Waals surface area contributed by atoms with Crippen molar-refractivity contribution in [2.45, 2.75) is 5.75 Å². The van der Waals surface area contributed by atoms with E-state index in [1.165, 1.54) is 48.2 Å². The Morgan fingerprint density at radius 2 is 1.57 bits per heavy atom. The van der Waals surface area contributed by atoms with E-state index in [0.717, 1.165) is 10.5 Å². The molecule has 0 atom stereocenters. The molecule has 0 aliphatic carbocycles. The third-order valence-corrected chi connectivity index (χ3v) is 6.25. The van der Waals surface area contributed by atoms with Crippen molar-refractivity contribution in [2.75, 3.05) is 4.90 Å². The molecule has 7 heteroatoms. The Labute approximate surface area is 187 Å². The van der Waals surface area contributed by atoms with Crippen molar-refractivity contribution in [2.24, 2.45) is 0 Å². The smallest absolute Gasteiger partial charge is 0.268 e. The van der Waals surface area contributed by atoms with E-state index < -0.39 is 17.6 Å². The number of rotatable bonds is 5. The minimum Gasteiger partial charge on any atom is -0.268 e. The van der Waals surface area contributed by atoms with E-state index in [2.05, 4.69) is 0 Å². The summed E-state index contributed by atoms with van der Waals surface area (Å²) < 4.78 is 13.4. The molecule has 0 saturated carbocycles. The summed E-state index contributed by atoms with van der Waals surface area (Å²) in [6.45, 7) is 0. The predicted molar refractivity (Wildman–Crippen MR) is 120 cm³/mol. The average Bonchev–Trinajstić information content (AvgIpc) is 2.99. The van der Waals surface area contributed by atoms with Crippen LogP contribution < -0.4 is 4.90 Å². The van der Waals surface area contributed by atoms with Gasteiger partial charge in [0.1, 0.15) is 5.82 Å². The molecule has 1 aliphatic heterocycles. The molecule has 150 valence electrons. The fourth-order valence-electron chi connectivity index (χ4n) is 3.12. The van der Waals surface area contributed by atoms with Gasteiger partial charge in [0, 0.05) is 10.8 Å². The second-order valence-electron chi connectivity index (χ2n) is 6.53. The summed E-state index contributed by atoms with van der Waals surface area (Å²) in [5.74, 6) is -0.933. The summed E-state index contributed by atoms with van der Waals surface area (Å²) in [6, 6.07) is 19.7. The van der Waals surface area contributed by atoms with Crippen LogP contribution in [0.2, 0.25) is 10.0 Å². The highest BCUT2D eigenvalue weighted by molar-refractivity contribution is 8.03. The fourth-order valence-corrected chi connectivity index (χ4v) is 4.56. The lowest BCUT2D eigenvalue weighted by molar-refractivity contribution is -0.119. The normalized spacial score (nSPS) is 14.0. The minimum absolute atomic E-state index is 0.217. The van der Waals surface area contributed by atoms with Crippen LogP contribution in [0.4, 0.5) is 10.1 Å². The number of nitrogens with zero attached hydrogens (tertiary/aromatic N) is 1. The van der Waals surface area contributed by atoms with Crippen molar-refractivity contribution in [1.29, 1.82) is 0 Å². The zero-order valence-corrected chi connectivity index (χ0v) is 17.8. The minimum atomic E-state index is -0.522. The van der Waals surface area contributed by atoms with Crippen LogP contribution in [0.3, 0.4) is 0 Å². The van der Waals surface area contributed by atoms with Gasteiger partial charge in [-0.2, -0.15) is 0 Å². The second-order valence-corrected chi connectivity index (χ2v) is 8.36. The van der Waals surface area contributed by atoms with E-state index in [1.54, 1.807) is 6.07 Å². The van der Waals surface area contributed by atoms with Gasteiger partial charge in [0.05, 0.1) is 21.2 Å². The summed E-state index contributed by atoms with van der Waals surface area (Å²) in [5, 5.41) is 0.581. The quantitative estimate of drug-likeness (QED) is 0.418. The van der Waals surface area contributed by atoms with E-state index in [9.17, 15) is 14.0 Å². The van der Waals surface area contributed by atoms with E-state index in [0.29, 0.717) is 16.3 Å². The molecular formula is C23H14Cl2FNO2S. The molecular weight excluding hydrogens is 444 g/mol. The molecule has 0 aromatic heterocycles. The summed E-state index contributed by atoms with van der Waals surface area (Å²) in [6.07, 6.45) is 0. The van der Waals surface area contributed by atoms with Crippen LogP contribution in [0.15, 0.2) is 77.7 Å². The molecule has 0 fully saturated rings. The number of benzene rings is 3. The summed E-state index contributed by atoms with van der Waals surface area (Å²) in [5.41, 5.74) is 1.91. The number of hydrogen-bond donors (Lipinski definition) is 0. The predicted octanol–water partition coefficient (Wildman–Crippen LogP) is 6.35. The van der Waals surface area contributed by atoms with Crippen LogP contribution in [0.25, 0.3) is 5.57 Å². The van der Waals surface area contributed by atoms with E-state index in [-0.39, 0.29) is 21.2 Å². The summed E-state index contributed by atoms with van der Waals surface area (Å²) >= 11 is 13.6. The Morgan fingerprint density at radius 3 is 2.27 bits per heavy atom. The molecule has 0 saturated heterocycles. The number of hydrogen-bond acceptors (Lipinski definition) is 3. The third kappa shape index (κ3) is 4.01. The largest absolute Gasteiger partial charge is 0.272 e. The maximum atomic E-state index is 13.4. The molecule has 0 bridgehead atoms. The summed E-state index contributed by atoms with van der Waals surface area (Å²) in [7, 11) is 0. The molecule has 0 radical (unpaired) electrons. The molecule has 1 aliphatic rings. The number of halogens is 3. The lowest BCUT2D eigenvalue weighted by Crippen LogP contribution is -2.31. The first-order valence-corrected chi connectivity index (χ1v) is 10.7. The zero-order valence-electron chi connectivity index (χ0n) is 15.4. The van der Waals surface area contributed by atoms with Crippen molar-refractivity contribution in [3.05, 3.63) is 105 Å². The first-order chi connectivity index (χ1) is 14.5. The molecule has 3 nitrogen and oxygen atoms in total. The van der Waals surface area contributed by atoms with Gasteiger partial charge < -0.3 is 0 Å². The maximum absolute atomic E-state index is 13.4. The molecule has 0 N–H and O–H groups in total. The molecule has 1 heterocycles. The van der Waals surface area contributed by atoms with Gasteiger partial charge in [-0.25, -0.2) is 9.29 Å². The lowest BCUT2D eigenvalue weighted by atomic mass is 10.1. The Morgan fingerprint density at radius 1 is 0.867 bits per heavy atom. The topological polar surface area (TPSA) is 37.4 Å². The lowest BCUT2D eigenvalue weighted by Gasteiger charge is -2.17. The van der Waals surface area contributed by atoms with Gasteiger partial charge in [-0.05, 0) is 41.5 Å². The second kappa shape index (κ2) is 8.64. The van der Waals surface area contributed by atoms with E-state index >= 15 is 0 Å². The van der Waals surface area contributed by atoms with Gasteiger partial charge in [0.2, 0.25) is 0 Å². The Bertz CT molecular complexity index is 1160. The molecule has 2 amide bonds. The number of anilines is 1. The number of carbonyl (C=O) groups excluding carboxylic acids is 2. The average molecular weight is 458 g/mol. The molecule has 30 heavy (non-hydrogen) atoms. The van der Waals surface area contributed by atoms with Crippen molar-refractivity contribution in [3.8, 4) is 0 Å². The molecule has 3 aromatic carbocycles. The maximum Gasteiger partial charge on any atom is 0.272 e. The highest BCUT2D eigenvalue weighted by Gasteiger charge is 2.41. The summed E-state index contributed by atoms with van der Waals surface area (Å²) in [4.78, 5) is 27.9. The molecule has 4 rings (SSSR count). The van der Waals surface area contributed by atoms with Crippen LogP contribution >= 0.6 is 35.0 Å². The van der Waals surface area contributed by atoms with E-state index in [4.69, 9.17) is 23.2 Å².